The van der Waals surface area contributed by atoms with Crippen molar-refractivity contribution in [3.8, 4) is 0 Å². The number of nitrogens with zero attached hydrogens (tertiary/aromatic N) is 2. The zero-order valence-electron chi connectivity index (χ0n) is 12.0. The zero-order valence-corrected chi connectivity index (χ0v) is 12.0. The lowest BCUT2D eigenvalue weighted by atomic mass is 10.1. The molecule has 0 aliphatic heterocycles. The SMILES string of the molecule is C=CCN(CC(=O)O)Cc1c(C)c2ccccc2n1C. The van der Waals surface area contributed by atoms with Gasteiger partial charge >= 0.3 is 5.97 Å². The molecule has 0 saturated heterocycles. The van der Waals surface area contributed by atoms with Gasteiger partial charge in [-0.15, -0.1) is 6.58 Å². The van der Waals surface area contributed by atoms with Gasteiger partial charge in [-0.1, -0.05) is 24.3 Å². The number of rotatable bonds is 6. The molecule has 0 saturated carbocycles. The summed E-state index contributed by atoms with van der Waals surface area (Å²) in [6, 6.07) is 8.23. The summed E-state index contributed by atoms with van der Waals surface area (Å²) in [5.74, 6) is -0.816. The first kappa shape index (κ1) is 14.3. The summed E-state index contributed by atoms with van der Waals surface area (Å²) in [5, 5.41) is 10.2. The second kappa shape index (κ2) is 5.92. The van der Waals surface area contributed by atoms with Crippen LogP contribution in [0.5, 0.6) is 0 Å². The van der Waals surface area contributed by atoms with Gasteiger partial charge in [-0.05, 0) is 18.6 Å². The summed E-state index contributed by atoms with van der Waals surface area (Å²) in [6.07, 6.45) is 1.74. The van der Waals surface area contributed by atoms with Gasteiger partial charge in [0, 0.05) is 36.7 Å². The maximum absolute atomic E-state index is 10.9. The van der Waals surface area contributed by atoms with Gasteiger partial charge in [-0.2, -0.15) is 0 Å². The van der Waals surface area contributed by atoms with E-state index in [0.717, 1.165) is 5.69 Å². The van der Waals surface area contributed by atoms with Gasteiger partial charge in [0.05, 0.1) is 6.54 Å². The number of carboxylic acids is 1. The largest absolute Gasteiger partial charge is 0.480 e. The predicted octanol–water partition coefficient (Wildman–Crippen LogP) is 2.56. The number of aryl methyl sites for hydroxylation is 2. The fourth-order valence-electron chi connectivity index (χ4n) is 2.63. The van der Waals surface area contributed by atoms with Crippen molar-refractivity contribution < 1.29 is 9.90 Å². The molecule has 0 radical (unpaired) electrons. The van der Waals surface area contributed by atoms with Crippen molar-refractivity contribution in [3.05, 3.63) is 48.2 Å². The third kappa shape index (κ3) is 2.75. The predicted molar refractivity (Wildman–Crippen MR) is 80.8 cm³/mol. The van der Waals surface area contributed by atoms with E-state index in [0.29, 0.717) is 13.1 Å². The molecule has 20 heavy (non-hydrogen) atoms. The van der Waals surface area contributed by atoms with Crippen LogP contribution in [0.3, 0.4) is 0 Å². The summed E-state index contributed by atoms with van der Waals surface area (Å²) in [6.45, 7) is 6.97. The van der Waals surface area contributed by atoms with Crippen molar-refractivity contribution in [1.82, 2.24) is 9.47 Å². The monoisotopic (exact) mass is 272 g/mol. The normalized spacial score (nSPS) is 11.2. The Morgan fingerprint density at radius 3 is 2.75 bits per heavy atom. The Labute approximate surface area is 118 Å². The van der Waals surface area contributed by atoms with Crippen LogP contribution in [0.1, 0.15) is 11.3 Å². The number of fused-ring (bicyclic) bond motifs is 1. The molecule has 0 amide bonds. The first-order chi connectivity index (χ1) is 9.54. The lowest BCUT2D eigenvalue weighted by molar-refractivity contribution is -0.138. The first-order valence-electron chi connectivity index (χ1n) is 6.62. The second-order valence-electron chi connectivity index (χ2n) is 5.00. The topological polar surface area (TPSA) is 45.5 Å². The van der Waals surface area contributed by atoms with Crippen LogP contribution in [0.4, 0.5) is 0 Å². The molecule has 0 bridgehead atoms. The Morgan fingerprint density at radius 1 is 1.45 bits per heavy atom. The molecule has 1 aromatic carbocycles. The lowest BCUT2D eigenvalue weighted by Crippen LogP contribution is -2.30. The fourth-order valence-corrected chi connectivity index (χ4v) is 2.63. The molecule has 0 atom stereocenters. The van der Waals surface area contributed by atoms with Crippen LogP contribution in [0.15, 0.2) is 36.9 Å². The van der Waals surface area contributed by atoms with Crippen molar-refractivity contribution in [3.63, 3.8) is 0 Å². The van der Waals surface area contributed by atoms with Crippen LogP contribution in [0, 0.1) is 6.92 Å². The van der Waals surface area contributed by atoms with Crippen LogP contribution >= 0.6 is 0 Å². The molecular weight excluding hydrogens is 252 g/mol. The minimum atomic E-state index is -0.816. The summed E-state index contributed by atoms with van der Waals surface area (Å²) in [5.41, 5.74) is 3.53. The Balaban J connectivity index is 2.36. The van der Waals surface area contributed by atoms with Gasteiger partial charge < -0.3 is 9.67 Å². The Morgan fingerprint density at radius 2 is 2.15 bits per heavy atom. The highest BCUT2D eigenvalue weighted by molar-refractivity contribution is 5.85. The zero-order chi connectivity index (χ0) is 14.7. The molecule has 2 aromatic rings. The molecule has 1 heterocycles. The molecule has 0 aliphatic rings. The number of carbonyl (C=O) groups is 1. The van der Waals surface area contributed by atoms with Gasteiger partial charge in [-0.25, -0.2) is 0 Å². The second-order valence-corrected chi connectivity index (χ2v) is 5.00. The molecule has 0 unspecified atom stereocenters. The van der Waals surface area contributed by atoms with Crippen molar-refractivity contribution in [2.75, 3.05) is 13.1 Å². The van der Waals surface area contributed by atoms with Gasteiger partial charge in [0.15, 0.2) is 0 Å². The number of hydrogen-bond donors (Lipinski definition) is 1. The number of benzene rings is 1. The summed E-state index contributed by atoms with van der Waals surface area (Å²) < 4.78 is 2.14. The fraction of sp³-hybridized carbons (Fsp3) is 0.312. The van der Waals surface area contributed by atoms with E-state index in [-0.39, 0.29) is 6.54 Å². The van der Waals surface area contributed by atoms with E-state index < -0.39 is 5.97 Å². The highest BCUT2D eigenvalue weighted by Crippen LogP contribution is 2.25. The lowest BCUT2D eigenvalue weighted by Gasteiger charge is -2.19. The third-order valence-corrected chi connectivity index (χ3v) is 3.63. The van der Waals surface area contributed by atoms with Crippen LogP contribution in [0.2, 0.25) is 0 Å². The maximum Gasteiger partial charge on any atom is 0.317 e. The molecule has 2 rings (SSSR count). The van der Waals surface area contributed by atoms with Gasteiger partial charge in [-0.3, -0.25) is 9.69 Å². The minimum absolute atomic E-state index is 0.0208. The Bertz CT molecular complexity index is 604. The highest BCUT2D eigenvalue weighted by Gasteiger charge is 2.15. The molecule has 1 N–H and O–H groups in total. The van der Waals surface area contributed by atoms with Gasteiger partial charge in [0.25, 0.3) is 0 Å². The number of aliphatic carboxylic acids is 1. The summed E-state index contributed by atoms with van der Waals surface area (Å²) in [7, 11) is 2.03. The van der Waals surface area contributed by atoms with E-state index in [2.05, 4.69) is 30.2 Å². The van der Waals surface area contributed by atoms with E-state index in [1.807, 2.05) is 24.1 Å². The van der Waals surface area contributed by atoms with Crippen molar-refractivity contribution in [1.29, 1.82) is 0 Å². The Kier molecular flexibility index (Phi) is 4.25. The van der Waals surface area contributed by atoms with Crippen LogP contribution < -0.4 is 0 Å². The smallest absolute Gasteiger partial charge is 0.317 e. The average molecular weight is 272 g/mol. The number of carboxylic acid groups (broad SMARTS) is 1. The van der Waals surface area contributed by atoms with Crippen LogP contribution in [-0.2, 0) is 18.4 Å². The van der Waals surface area contributed by atoms with E-state index in [4.69, 9.17) is 5.11 Å². The standard InChI is InChI=1S/C16H20N2O2/c1-4-9-18(11-16(19)20)10-15-12(2)13-7-5-6-8-14(13)17(15)3/h4-8H,1,9-11H2,2-3H3,(H,19,20). The van der Waals surface area contributed by atoms with E-state index in [1.165, 1.54) is 16.5 Å². The Hall–Kier alpha value is -2.07. The molecular formula is C16H20N2O2. The maximum atomic E-state index is 10.9. The molecule has 4 heteroatoms. The molecule has 1 aromatic heterocycles. The van der Waals surface area contributed by atoms with Gasteiger partial charge in [0.1, 0.15) is 0 Å². The quantitative estimate of drug-likeness (QED) is 0.822. The molecule has 106 valence electrons. The first-order valence-corrected chi connectivity index (χ1v) is 6.62. The van der Waals surface area contributed by atoms with Crippen molar-refractivity contribution in [2.45, 2.75) is 13.5 Å². The van der Waals surface area contributed by atoms with Crippen molar-refractivity contribution >= 4 is 16.9 Å². The molecule has 0 aliphatic carbocycles. The van der Waals surface area contributed by atoms with Crippen LogP contribution in [-0.4, -0.2) is 33.6 Å². The molecule has 4 nitrogen and oxygen atoms in total. The summed E-state index contributed by atoms with van der Waals surface area (Å²) >= 11 is 0. The van der Waals surface area contributed by atoms with Crippen LogP contribution in [0.25, 0.3) is 10.9 Å². The minimum Gasteiger partial charge on any atom is -0.480 e. The van der Waals surface area contributed by atoms with Gasteiger partial charge in [0.2, 0.25) is 0 Å². The molecule has 0 fully saturated rings. The van der Waals surface area contributed by atoms with Crippen molar-refractivity contribution in [2.24, 2.45) is 7.05 Å². The highest BCUT2D eigenvalue weighted by atomic mass is 16.4. The molecule has 0 spiro atoms. The number of para-hydroxylation sites is 1. The summed E-state index contributed by atoms with van der Waals surface area (Å²) in [4.78, 5) is 12.8. The van der Waals surface area contributed by atoms with E-state index in [1.54, 1.807) is 6.08 Å². The third-order valence-electron chi connectivity index (χ3n) is 3.63. The van der Waals surface area contributed by atoms with E-state index >= 15 is 0 Å². The van der Waals surface area contributed by atoms with E-state index in [9.17, 15) is 4.79 Å². The average Bonchev–Trinajstić information content (AvgIpc) is 2.64. The number of hydrogen-bond acceptors (Lipinski definition) is 2. The number of aromatic nitrogens is 1.